The molecule has 1 fully saturated rings. The second-order valence-electron chi connectivity index (χ2n) is 5.12. The minimum atomic E-state index is -0.456. The van der Waals surface area contributed by atoms with Gasteiger partial charge in [0.1, 0.15) is 11.6 Å². The lowest BCUT2D eigenvalue weighted by molar-refractivity contribution is -0.125. The number of hydrogen-bond acceptors (Lipinski definition) is 3. The molecule has 108 valence electrons. The second-order valence-corrected chi connectivity index (χ2v) is 5.12. The number of likely N-dealkylation sites (tertiary alicyclic amines) is 1. The van der Waals surface area contributed by atoms with Gasteiger partial charge in [0.25, 0.3) is 0 Å². The van der Waals surface area contributed by atoms with Gasteiger partial charge in [0.15, 0.2) is 0 Å². The third-order valence-corrected chi connectivity index (χ3v) is 3.58. The summed E-state index contributed by atoms with van der Waals surface area (Å²) in [5, 5.41) is 2.55. The van der Waals surface area contributed by atoms with Gasteiger partial charge in [-0.3, -0.25) is 14.5 Å². The molecule has 20 heavy (non-hydrogen) atoms. The molecule has 2 rings (SSSR count). The number of anilines is 1. The number of benzene rings is 1. The van der Waals surface area contributed by atoms with Crippen molar-refractivity contribution in [2.45, 2.75) is 32.2 Å². The average Bonchev–Trinajstić information content (AvgIpc) is 2.41. The van der Waals surface area contributed by atoms with Gasteiger partial charge in [0.05, 0.1) is 18.3 Å². The molecule has 0 aromatic heterocycles. The first kappa shape index (κ1) is 14.7. The molecule has 1 aliphatic heterocycles. The molecule has 1 aliphatic rings. The molecular weight excluding hydrogens is 259 g/mol. The van der Waals surface area contributed by atoms with Gasteiger partial charge in [-0.2, -0.15) is 0 Å². The van der Waals surface area contributed by atoms with Crippen molar-refractivity contribution in [2.75, 3.05) is 18.4 Å². The number of ketones is 1. The van der Waals surface area contributed by atoms with Crippen molar-refractivity contribution in [3.8, 4) is 0 Å². The maximum absolute atomic E-state index is 13.5. The summed E-state index contributed by atoms with van der Waals surface area (Å²) in [6.07, 6.45) is 2.79. The third-order valence-electron chi connectivity index (χ3n) is 3.58. The van der Waals surface area contributed by atoms with Crippen LogP contribution in [0.2, 0.25) is 0 Å². The highest BCUT2D eigenvalue weighted by Gasteiger charge is 2.27. The molecule has 1 N–H and O–H groups in total. The molecule has 0 radical (unpaired) electrons. The number of piperidine rings is 1. The average molecular weight is 278 g/mol. The maximum atomic E-state index is 13.5. The van der Waals surface area contributed by atoms with Gasteiger partial charge in [-0.25, -0.2) is 4.39 Å². The lowest BCUT2D eigenvalue weighted by Gasteiger charge is -2.33. The number of carbonyl (C=O) groups excluding carboxylic acids is 2. The van der Waals surface area contributed by atoms with Crippen molar-refractivity contribution in [2.24, 2.45) is 0 Å². The minimum Gasteiger partial charge on any atom is -0.322 e. The van der Waals surface area contributed by atoms with Gasteiger partial charge >= 0.3 is 0 Å². The fraction of sp³-hybridized carbons (Fsp3) is 0.467. The normalized spacial score (nSPS) is 19.6. The fourth-order valence-corrected chi connectivity index (χ4v) is 2.58. The Balaban J connectivity index is 1.96. The van der Waals surface area contributed by atoms with Crippen LogP contribution in [0.4, 0.5) is 10.1 Å². The summed E-state index contributed by atoms with van der Waals surface area (Å²) in [7, 11) is 0. The summed E-state index contributed by atoms with van der Waals surface area (Å²) >= 11 is 0. The number of carbonyl (C=O) groups is 2. The summed E-state index contributed by atoms with van der Waals surface area (Å²) in [6.45, 7) is 2.41. The zero-order chi connectivity index (χ0) is 14.5. The van der Waals surface area contributed by atoms with Crippen molar-refractivity contribution in [1.82, 2.24) is 4.90 Å². The Morgan fingerprint density at radius 3 is 2.80 bits per heavy atom. The van der Waals surface area contributed by atoms with E-state index in [9.17, 15) is 14.0 Å². The predicted octanol–water partition coefficient (Wildman–Crippen LogP) is 2.21. The highest BCUT2D eigenvalue weighted by Crippen LogP contribution is 2.18. The molecule has 1 amide bonds. The molecule has 1 heterocycles. The van der Waals surface area contributed by atoms with Crippen molar-refractivity contribution < 1.29 is 14.0 Å². The van der Waals surface area contributed by atoms with Crippen LogP contribution >= 0.6 is 0 Å². The Morgan fingerprint density at radius 2 is 2.10 bits per heavy atom. The zero-order valence-electron chi connectivity index (χ0n) is 11.6. The second kappa shape index (κ2) is 6.61. The molecule has 0 spiro atoms. The summed E-state index contributed by atoms with van der Waals surface area (Å²) in [4.78, 5) is 25.4. The lowest BCUT2D eigenvalue weighted by Crippen LogP contribution is -2.47. The van der Waals surface area contributed by atoms with E-state index in [0.717, 1.165) is 25.8 Å². The van der Waals surface area contributed by atoms with Crippen LogP contribution in [-0.4, -0.2) is 35.7 Å². The van der Waals surface area contributed by atoms with Gasteiger partial charge in [-0.05, 0) is 38.4 Å². The van der Waals surface area contributed by atoms with E-state index in [1.165, 1.54) is 12.1 Å². The molecule has 1 atom stereocenters. The minimum absolute atomic E-state index is 0.0865. The maximum Gasteiger partial charge on any atom is 0.238 e. The van der Waals surface area contributed by atoms with Crippen LogP contribution < -0.4 is 5.32 Å². The van der Waals surface area contributed by atoms with Crippen molar-refractivity contribution in [3.05, 3.63) is 30.1 Å². The van der Waals surface area contributed by atoms with Gasteiger partial charge in [0, 0.05) is 0 Å². The van der Waals surface area contributed by atoms with Crippen molar-refractivity contribution in [3.63, 3.8) is 0 Å². The van der Waals surface area contributed by atoms with Crippen molar-refractivity contribution in [1.29, 1.82) is 0 Å². The van der Waals surface area contributed by atoms with Gasteiger partial charge in [-0.15, -0.1) is 0 Å². The standard InChI is InChI=1S/C15H19FN2O2/c1-11(19)14-8-4-5-9-18(14)10-15(20)17-13-7-3-2-6-12(13)16/h2-3,6-7,14H,4-5,8-10H2,1H3,(H,17,20). The van der Waals surface area contributed by atoms with E-state index in [4.69, 9.17) is 0 Å². The van der Waals surface area contributed by atoms with Crippen molar-refractivity contribution >= 4 is 17.4 Å². The molecule has 4 nitrogen and oxygen atoms in total. The number of halogens is 1. The third kappa shape index (κ3) is 3.63. The number of Topliss-reactive ketones (excluding diaryl/α,β-unsaturated/α-hetero) is 1. The first-order valence-corrected chi connectivity index (χ1v) is 6.87. The Morgan fingerprint density at radius 1 is 1.35 bits per heavy atom. The summed E-state index contributed by atoms with van der Waals surface area (Å²) in [6, 6.07) is 5.87. The quantitative estimate of drug-likeness (QED) is 0.918. The predicted molar refractivity (Wildman–Crippen MR) is 74.9 cm³/mol. The van der Waals surface area contributed by atoms with E-state index in [2.05, 4.69) is 5.32 Å². The molecule has 0 bridgehead atoms. The van der Waals surface area contributed by atoms with E-state index < -0.39 is 5.82 Å². The molecule has 5 heteroatoms. The Kier molecular flexibility index (Phi) is 4.84. The molecule has 1 aromatic rings. The topological polar surface area (TPSA) is 49.4 Å². The number of rotatable bonds is 4. The van der Waals surface area contributed by atoms with Gasteiger partial charge in [0.2, 0.25) is 5.91 Å². The van der Waals surface area contributed by atoms with Crippen LogP contribution in [0, 0.1) is 5.82 Å². The monoisotopic (exact) mass is 278 g/mol. The number of nitrogens with zero attached hydrogens (tertiary/aromatic N) is 1. The first-order chi connectivity index (χ1) is 9.58. The summed E-state index contributed by atoms with van der Waals surface area (Å²) in [5.41, 5.74) is 0.175. The van der Waals surface area contributed by atoms with Gasteiger partial charge in [-0.1, -0.05) is 18.6 Å². The van der Waals surface area contributed by atoms with Crippen LogP contribution in [0.25, 0.3) is 0 Å². The fourth-order valence-electron chi connectivity index (χ4n) is 2.58. The summed E-state index contributed by atoms with van der Waals surface area (Å²) in [5.74, 6) is -0.658. The molecule has 1 unspecified atom stereocenters. The number of hydrogen-bond donors (Lipinski definition) is 1. The van der Waals surface area contributed by atoms with E-state index in [0.29, 0.717) is 0 Å². The van der Waals surface area contributed by atoms with E-state index in [1.54, 1.807) is 19.1 Å². The first-order valence-electron chi connectivity index (χ1n) is 6.87. The largest absolute Gasteiger partial charge is 0.322 e. The molecular formula is C15H19FN2O2. The van der Waals surface area contributed by atoms with Crippen LogP contribution in [0.3, 0.4) is 0 Å². The molecule has 0 aliphatic carbocycles. The van der Waals surface area contributed by atoms with Crippen LogP contribution in [0.1, 0.15) is 26.2 Å². The Bertz CT molecular complexity index is 504. The molecule has 0 saturated carbocycles. The van der Waals surface area contributed by atoms with Gasteiger partial charge < -0.3 is 5.32 Å². The highest BCUT2D eigenvalue weighted by molar-refractivity contribution is 5.93. The smallest absolute Gasteiger partial charge is 0.238 e. The van der Waals surface area contributed by atoms with E-state index in [-0.39, 0.29) is 30.0 Å². The Hall–Kier alpha value is -1.75. The number of para-hydroxylation sites is 1. The van der Waals surface area contributed by atoms with E-state index >= 15 is 0 Å². The number of amides is 1. The number of nitrogens with one attached hydrogen (secondary N) is 1. The summed E-state index contributed by atoms with van der Waals surface area (Å²) < 4.78 is 13.5. The van der Waals surface area contributed by atoms with E-state index in [1.807, 2.05) is 4.90 Å². The Labute approximate surface area is 118 Å². The highest BCUT2D eigenvalue weighted by atomic mass is 19.1. The molecule has 1 aromatic carbocycles. The lowest BCUT2D eigenvalue weighted by atomic mass is 9.99. The molecule has 1 saturated heterocycles. The zero-order valence-corrected chi connectivity index (χ0v) is 11.6. The SMILES string of the molecule is CC(=O)C1CCCCN1CC(=O)Nc1ccccc1F. The van der Waals surface area contributed by atoms with Crippen LogP contribution in [0.15, 0.2) is 24.3 Å². The van der Waals surface area contributed by atoms with Crippen LogP contribution in [0.5, 0.6) is 0 Å². The van der Waals surface area contributed by atoms with Crippen LogP contribution in [-0.2, 0) is 9.59 Å².